The zero-order valence-electron chi connectivity index (χ0n) is 19.1. The molecule has 1 N–H and O–H groups in total. The van der Waals surface area contributed by atoms with E-state index in [1.807, 2.05) is 0 Å². The van der Waals surface area contributed by atoms with Crippen LogP contribution in [0.3, 0.4) is 0 Å². The van der Waals surface area contributed by atoms with Crippen LogP contribution >= 0.6 is 0 Å². The molecule has 0 aliphatic rings. The number of anilines is 2. The second kappa shape index (κ2) is 8.53. The first-order chi connectivity index (χ1) is 16.7. The van der Waals surface area contributed by atoms with Crippen molar-refractivity contribution in [2.45, 2.75) is 6.92 Å². The molecular formula is C33H25N. The third kappa shape index (κ3) is 4.04. The van der Waals surface area contributed by atoms with Gasteiger partial charge < -0.3 is 5.32 Å². The molecule has 0 aliphatic heterocycles. The smallest absolute Gasteiger partial charge is 0.0384 e. The lowest BCUT2D eigenvalue weighted by Gasteiger charge is -2.10. The first-order valence-corrected chi connectivity index (χ1v) is 11.7. The van der Waals surface area contributed by atoms with Gasteiger partial charge in [0.05, 0.1) is 0 Å². The van der Waals surface area contributed by atoms with E-state index in [0.717, 1.165) is 11.4 Å². The number of nitrogens with one attached hydrogen (secondary N) is 1. The summed E-state index contributed by atoms with van der Waals surface area (Å²) in [7, 11) is 0. The monoisotopic (exact) mass is 435 g/mol. The molecule has 6 aromatic carbocycles. The maximum absolute atomic E-state index is 3.53. The van der Waals surface area contributed by atoms with Gasteiger partial charge in [-0.2, -0.15) is 0 Å². The predicted molar refractivity (Wildman–Crippen MR) is 147 cm³/mol. The summed E-state index contributed by atoms with van der Waals surface area (Å²) in [6.07, 6.45) is 0. The van der Waals surface area contributed by atoms with Gasteiger partial charge >= 0.3 is 0 Å². The summed E-state index contributed by atoms with van der Waals surface area (Å²) in [6, 6.07) is 45.7. The Hall–Kier alpha value is -4.36. The van der Waals surface area contributed by atoms with Crippen LogP contribution in [0.2, 0.25) is 0 Å². The molecule has 162 valence electrons. The normalized spacial score (nSPS) is 11.1. The van der Waals surface area contributed by atoms with Crippen molar-refractivity contribution < 1.29 is 0 Å². The van der Waals surface area contributed by atoms with Gasteiger partial charge in [-0.1, -0.05) is 96.6 Å². The van der Waals surface area contributed by atoms with Crippen LogP contribution in [0.25, 0.3) is 43.8 Å². The summed E-state index contributed by atoms with van der Waals surface area (Å²) in [4.78, 5) is 0. The standard InChI is InChI=1S/C33H25N/c1-23-6-7-27-9-11-30(22-31(27)20-23)26-14-18-33(19-15-26)34-32-16-12-25(13-17-32)29-10-8-24-4-2-3-5-28(24)21-29/h2-22,34H,1H3. The van der Waals surface area contributed by atoms with E-state index in [1.165, 1.54) is 49.4 Å². The second-order valence-corrected chi connectivity index (χ2v) is 8.91. The van der Waals surface area contributed by atoms with Crippen LogP contribution < -0.4 is 5.32 Å². The minimum atomic E-state index is 1.08. The minimum absolute atomic E-state index is 1.08. The number of rotatable bonds is 4. The van der Waals surface area contributed by atoms with Crippen molar-refractivity contribution in [1.82, 2.24) is 0 Å². The first-order valence-electron chi connectivity index (χ1n) is 11.7. The summed E-state index contributed by atoms with van der Waals surface area (Å²) >= 11 is 0. The van der Waals surface area contributed by atoms with Gasteiger partial charge in [0.25, 0.3) is 0 Å². The van der Waals surface area contributed by atoms with E-state index in [9.17, 15) is 0 Å². The second-order valence-electron chi connectivity index (χ2n) is 8.91. The molecule has 0 fully saturated rings. The average Bonchev–Trinajstić information content (AvgIpc) is 2.89. The van der Waals surface area contributed by atoms with Crippen LogP contribution in [0.5, 0.6) is 0 Å². The lowest BCUT2D eigenvalue weighted by atomic mass is 10.00. The molecule has 0 saturated carbocycles. The summed E-state index contributed by atoms with van der Waals surface area (Å²) < 4.78 is 0. The minimum Gasteiger partial charge on any atom is -0.356 e. The Morgan fingerprint density at radius 2 is 0.853 bits per heavy atom. The van der Waals surface area contributed by atoms with Crippen molar-refractivity contribution >= 4 is 32.9 Å². The van der Waals surface area contributed by atoms with E-state index >= 15 is 0 Å². The Bertz CT molecular complexity index is 1610. The van der Waals surface area contributed by atoms with Crippen LogP contribution in [0.4, 0.5) is 11.4 Å². The topological polar surface area (TPSA) is 12.0 Å². The molecule has 1 nitrogen and oxygen atoms in total. The molecule has 0 bridgehead atoms. The summed E-state index contributed by atoms with van der Waals surface area (Å²) in [5.41, 5.74) is 8.37. The zero-order valence-corrected chi connectivity index (χ0v) is 19.1. The van der Waals surface area contributed by atoms with Crippen molar-refractivity contribution in [2.24, 2.45) is 0 Å². The van der Waals surface area contributed by atoms with E-state index in [4.69, 9.17) is 0 Å². The molecule has 0 aromatic heterocycles. The summed E-state index contributed by atoms with van der Waals surface area (Å²) in [5, 5.41) is 8.63. The van der Waals surface area contributed by atoms with Gasteiger partial charge in [-0.05, 0) is 87.1 Å². The third-order valence-electron chi connectivity index (χ3n) is 6.47. The fourth-order valence-corrected chi connectivity index (χ4v) is 4.57. The van der Waals surface area contributed by atoms with Crippen LogP contribution in [-0.2, 0) is 0 Å². The van der Waals surface area contributed by atoms with Crippen molar-refractivity contribution in [2.75, 3.05) is 5.32 Å². The van der Waals surface area contributed by atoms with E-state index in [1.54, 1.807) is 0 Å². The van der Waals surface area contributed by atoms with E-state index < -0.39 is 0 Å². The lowest BCUT2D eigenvalue weighted by molar-refractivity contribution is 1.50. The highest BCUT2D eigenvalue weighted by molar-refractivity contribution is 5.89. The zero-order chi connectivity index (χ0) is 22.9. The maximum Gasteiger partial charge on any atom is 0.0384 e. The van der Waals surface area contributed by atoms with Crippen LogP contribution in [-0.4, -0.2) is 0 Å². The molecule has 6 aromatic rings. The van der Waals surface area contributed by atoms with E-state index in [2.05, 4.69) is 140 Å². The molecule has 0 radical (unpaired) electrons. The van der Waals surface area contributed by atoms with Crippen LogP contribution in [0, 0.1) is 6.92 Å². The van der Waals surface area contributed by atoms with Crippen molar-refractivity contribution in [3.8, 4) is 22.3 Å². The number of hydrogen-bond donors (Lipinski definition) is 1. The highest BCUT2D eigenvalue weighted by atomic mass is 14.9. The Morgan fingerprint density at radius 1 is 0.382 bits per heavy atom. The molecule has 0 atom stereocenters. The quantitative estimate of drug-likeness (QED) is 0.291. The number of benzene rings is 6. The largest absolute Gasteiger partial charge is 0.356 e. The van der Waals surface area contributed by atoms with Gasteiger partial charge in [0, 0.05) is 11.4 Å². The Morgan fingerprint density at radius 3 is 1.47 bits per heavy atom. The molecule has 34 heavy (non-hydrogen) atoms. The third-order valence-corrected chi connectivity index (χ3v) is 6.47. The number of hydrogen-bond acceptors (Lipinski definition) is 1. The van der Waals surface area contributed by atoms with E-state index in [0.29, 0.717) is 0 Å². The van der Waals surface area contributed by atoms with Gasteiger partial charge in [0.15, 0.2) is 0 Å². The Kier molecular flexibility index (Phi) is 5.08. The van der Waals surface area contributed by atoms with Gasteiger partial charge in [0.1, 0.15) is 0 Å². The summed E-state index contributed by atoms with van der Waals surface area (Å²) in [6.45, 7) is 2.14. The van der Waals surface area contributed by atoms with Gasteiger partial charge in [0.2, 0.25) is 0 Å². The molecule has 0 aliphatic carbocycles. The fraction of sp³-hybridized carbons (Fsp3) is 0.0303. The van der Waals surface area contributed by atoms with E-state index in [-0.39, 0.29) is 0 Å². The predicted octanol–water partition coefficient (Wildman–Crippen LogP) is 9.38. The van der Waals surface area contributed by atoms with Gasteiger partial charge in [-0.25, -0.2) is 0 Å². The molecule has 0 unspecified atom stereocenters. The molecule has 6 rings (SSSR count). The molecule has 0 amide bonds. The number of aryl methyl sites for hydroxylation is 1. The molecule has 0 spiro atoms. The SMILES string of the molecule is Cc1ccc2ccc(-c3ccc(Nc4ccc(-c5ccc6ccccc6c5)cc4)cc3)cc2c1. The highest BCUT2D eigenvalue weighted by Gasteiger charge is 2.03. The van der Waals surface area contributed by atoms with Crippen molar-refractivity contribution in [3.63, 3.8) is 0 Å². The van der Waals surface area contributed by atoms with Crippen LogP contribution in [0.15, 0.2) is 127 Å². The fourth-order valence-electron chi connectivity index (χ4n) is 4.57. The molecule has 0 heterocycles. The van der Waals surface area contributed by atoms with Gasteiger partial charge in [-0.15, -0.1) is 0 Å². The van der Waals surface area contributed by atoms with Crippen molar-refractivity contribution in [1.29, 1.82) is 0 Å². The van der Waals surface area contributed by atoms with Crippen molar-refractivity contribution in [3.05, 3.63) is 133 Å². The Labute approximate surface area is 200 Å². The maximum atomic E-state index is 3.53. The highest BCUT2D eigenvalue weighted by Crippen LogP contribution is 2.29. The first kappa shape index (κ1) is 20.3. The summed E-state index contributed by atoms with van der Waals surface area (Å²) in [5.74, 6) is 0. The molecular weight excluding hydrogens is 410 g/mol. The molecule has 0 saturated heterocycles. The van der Waals surface area contributed by atoms with Gasteiger partial charge in [-0.3, -0.25) is 0 Å². The Balaban J connectivity index is 1.20. The number of fused-ring (bicyclic) bond motifs is 2. The lowest BCUT2D eigenvalue weighted by Crippen LogP contribution is -1.90. The average molecular weight is 436 g/mol. The molecule has 1 heteroatoms. The van der Waals surface area contributed by atoms with Crippen LogP contribution in [0.1, 0.15) is 5.56 Å².